The van der Waals surface area contributed by atoms with Crippen LogP contribution in [-0.4, -0.2) is 29.6 Å². The molecule has 21 heavy (non-hydrogen) atoms. The minimum absolute atomic E-state index is 0.375. The minimum Gasteiger partial charge on any atom is -0.334 e. The van der Waals surface area contributed by atoms with Gasteiger partial charge in [-0.1, -0.05) is 0 Å². The standard InChI is InChI=1S/C6H8N2S.3CHF3/c9-5-1-3-8-4-2-7-6(5)8;3*2-1(3)4/h2,4-5,9H,1,3H2;3*1H. The minimum atomic E-state index is -3.67. The maximum Gasteiger partial charge on any atom is 0.379 e. The van der Waals surface area contributed by atoms with Crippen molar-refractivity contribution in [3.8, 4) is 0 Å². The van der Waals surface area contributed by atoms with Crippen LogP contribution in [0.15, 0.2) is 12.4 Å². The van der Waals surface area contributed by atoms with Crippen LogP contribution in [0.3, 0.4) is 0 Å². The van der Waals surface area contributed by atoms with Gasteiger partial charge in [-0.3, -0.25) is 0 Å². The van der Waals surface area contributed by atoms with Crippen molar-refractivity contribution in [1.82, 2.24) is 9.55 Å². The van der Waals surface area contributed by atoms with Crippen molar-refractivity contribution in [1.29, 1.82) is 0 Å². The van der Waals surface area contributed by atoms with E-state index in [1.165, 1.54) is 0 Å². The first-order chi connectivity index (χ1) is 9.57. The Kier molecular flexibility index (Phi) is 13.4. The SMILES string of the molecule is FC(F)F.FC(F)F.FC(F)F.SC1CCn2ccnc21. The fourth-order valence-corrected chi connectivity index (χ4v) is 1.53. The predicted molar refractivity (Wildman–Crippen MR) is 59.9 cm³/mol. The fraction of sp³-hybridized carbons (Fsp3) is 0.667. The lowest BCUT2D eigenvalue weighted by Crippen LogP contribution is -1.88. The number of halogens is 9. The molecule has 2 heterocycles. The molecule has 0 saturated heterocycles. The Morgan fingerprint density at radius 1 is 0.952 bits per heavy atom. The second kappa shape index (κ2) is 12.7. The number of fused-ring (bicyclic) bond motifs is 1. The summed E-state index contributed by atoms with van der Waals surface area (Å²) in [5.74, 6) is 1.12. The van der Waals surface area contributed by atoms with Crippen molar-refractivity contribution in [3.05, 3.63) is 18.2 Å². The largest absolute Gasteiger partial charge is 0.379 e. The molecule has 1 aliphatic heterocycles. The Morgan fingerprint density at radius 2 is 1.33 bits per heavy atom. The maximum atomic E-state index is 9.67. The molecule has 1 aromatic heterocycles. The molecule has 2 nitrogen and oxygen atoms in total. The predicted octanol–water partition coefficient (Wildman–Crippen LogP) is 4.79. The van der Waals surface area contributed by atoms with E-state index < -0.39 is 20.0 Å². The topological polar surface area (TPSA) is 17.8 Å². The average Bonchev–Trinajstić information content (AvgIpc) is 2.81. The molecule has 1 aromatic rings. The fourth-order valence-electron chi connectivity index (χ4n) is 1.20. The van der Waals surface area contributed by atoms with Crippen molar-refractivity contribution in [3.63, 3.8) is 0 Å². The number of nitrogens with zero attached hydrogens (tertiary/aromatic N) is 2. The quantitative estimate of drug-likeness (QED) is 0.526. The molecule has 0 bridgehead atoms. The lowest BCUT2D eigenvalue weighted by molar-refractivity contribution is 0.00734. The van der Waals surface area contributed by atoms with Crippen LogP contribution in [0.25, 0.3) is 0 Å². The van der Waals surface area contributed by atoms with Gasteiger partial charge in [-0.05, 0) is 6.42 Å². The van der Waals surface area contributed by atoms with E-state index in [4.69, 9.17) is 0 Å². The van der Waals surface area contributed by atoms with Crippen LogP contribution < -0.4 is 0 Å². The molecule has 126 valence electrons. The van der Waals surface area contributed by atoms with Crippen molar-refractivity contribution in [2.45, 2.75) is 38.3 Å². The maximum absolute atomic E-state index is 9.67. The third kappa shape index (κ3) is 16.9. The van der Waals surface area contributed by atoms with Crippen LogP contribution in [-0.2, 0) is 6.54 Å². The molecule has 0 saturated carbocycles. The van der Waals surface area contributed by atoms with Crippen LogP contribution in [0.2, 0.25) is 0 Å². The molecular formula is C9H11F9N2S. The van der Waals surface area contributed by atoms with E-state index in [1.807, 2.05) is 12.4 Å². The summed E-state index contributed by atoms with van der Waals surface area (Å²) in [6, 6.07) is 0. The zero-order valence-corrected chi connectivity index (χ0v) is 11.0. The van der Waals surface area contributed by atoms with Gasteiger partial charge in [0.25, 0.3) is 0 Å². The summed E-state index contributed by atoms with van der Waals surface area (Å²) in [6.45, 7) is -9.91. The number of alkyl halides is 9. The third-order valence-corrected chi connectivity index (χ3v) is 2.18. The molecule has 0 amide bonds. The van der Waals surface area contributed by atoms with Gasteiger partial charge in [0.1, 0.15) is 5.82 Å². The Bertz CT molecular complexity index is 325. The summed E-state index contributed by atoms with van der Waals surface area (Å²) in [5.41, 5.74) is 0. The van der Waals surface area contributed by atoms with Crippen LogP contribution in [0.1, 0.15) is 17.5 Å². The van der Waals surface area contributed by atoms with Gasteiger partial charge in [-0.2, -0.15) is 52.1 Å². The van der Waals surface area contributed by atoms with Crippen LogP contribution in [0.5, 0.6) is 0 Å². The van der Waals surface area contributed by atoms with Crippen molar-refractivity contribution >= 4 is 12.6 Å². The summed E-state index contributed by atoms with van der Waals surface area (Å²) < 4.78 is 89.2. The molecule has 1 atom stereocenters. The van der Waals surface area contributed by atoms with E-state index in [2.05, 4.69) is 22.2 Å². The highest BCUT2D eigenvalue weighted by atomic mass is 32.1. The highest BCUT2D eigenvalue weighted by Crippen LogP contribution is 2.28. The number of thiol groups is 1. The first kappa shape index (κ1) is 22.2. The van der Waals surface area contributed by atoms with Crippen LogP contribution in [0.4, 0.5) is 39.5 Å². The zero-order valence-electron chi connectivity index (χ0n) is 10.1. The third-order valence-electron chi connectivity index (χ3n) is 1.69. The van der Waals surface area contributed by atoms with Gasteiger partial charge in [0, 0.05) is 18.9 Å². The highest BCUT2D eigenvalue weighted by molar-refractivity contribution is 7.80. The van der Waals surface area contributed by atoms with E-state index in [0.29, 0.717) is 5.25 Å². The molecule has 0 N–H and O–H groups in total. The van der Waals surface area contributed by atoms with E-state index in [-0.39, 0.29) is 0 Å². The number of rotatable bonds is 0. The molecule has 0 aliphatic carbocycles. The Morgan fingerprint density at radius 3 is 1.67 bits per heavy atom. The normalized spacial score (nSPS) is 15.6. The van der Waals surface area contributed by atoms with Gasteiger partial charge in [-0.25, -0.2) is 4.98 Å². The lowest BCUT2D eigenvalue weighted by atomic mass is 10.3. The molecule has 1 aliphatic rings. The van der Waals surface area contributed by atoms with Crippen molar-refractivity contribution in [2.75, 3.05) is 0 Å². The van der Waals surface area contributed by atoms with Gasteiger partial charge >= 0.3 is 20.0 Å². The summed E-state index contributed by atoms with van der Waals surface area (Å²) in [5, 5.41) is 0.375. The van der Waals surface area contributed by atoms with E-state index in [0.717, 1.165) is 18.8 Å². The van der Waals surface area contributed by atoms with Gasteiger partial charge in [-0.15, -0.1) is 0 Å². The highest BCUT2D eigenvalue weighted by Gasteiger charge is 2.18. The van der Waals surface area contributed by atoms with Crippen LogP contribution in [0, 0.1) is 0 Å². The van der Waals surface area contributed by atoms with Crippen molar-refractivity contribution < 1.29 is 39.5 Å². The number of hydrogen-bond acceptors (Lipinski definition) is 2. The summed E-state index contributed by atoms with van der Waals surface area (Å²) in [6.07, 6.45) is 4.97. The van der Waals surface area contributed by atoms with E-state index in [9.17, 15) is 39.5 Å². The van der Waals surface area contributed by atoms with E-state index >= 15 is 0 Å². The van der Waals surface area contributed by atoms with Gasteiger partial charge in [0.05, 0.1) is 5.25 Å². The number of aromatic nitrogens is 2. The van der Waals surface area contributed by atoms with Gasteiger partial charge in [0.15, 0.2) is 0 Å². The number of imidazole rings is 1. The molecule has 0 fully saturated rings. The first-order valence-corrected chi connectivity index (χ1v) is 5.55. The summed E-state index contributed by atoms with van der Waals surface area (Å²) >= 11 is 4.35. The Labute approximate surface area is 119 Å². The number of hydrogen-bond donors (Lipinski definition) is 1. The second-order valence-corrected chi connectivity index (χ2v) is 3.65. The molecule has 1 unspecified atom stereocenters. The second-order valence-electron chi connectivity index (χ2n) is 3.03. The Balaban J connectivity index is 0. The zero-order chi connectivity index (χ0) is 17.0. The Hall–Kier alpha value is -1.07. The molecule has 0 spiro atoms. The molecule has 0 aromatic carbocycles. The molecule has 12 heteroatoms. The number of aryl methyl sites for hydroxylation is 1. The lowest BCUT2D eigenvalue weighted by Gasteiger charge is -1.93. The molecule has 0 radical (unpaired) electrons. The molecular weight excluding hydrogens is 339 g/mol. The van der Waals surface area contributed by atoms with Gasteiger partial charge < -0.3 is 4.57 Å². The summed E-state index contributed by atoms with van der Waals surface area (Å²) in [7, 11) is 0. The first-order valence-electron chi connectivity index (χ1n) is 5.03. The smallest absolute Gasteiger partial charge is 0.334 e. The summed E-state index contributed by atoms with van der Waals surface area (Å²) in [4.78, 5) is 4.16. The van der Waals surface area contributed by atoms with Gasteiger partial charge in [0.2, 0.25) is 0 Å². The van der Waals surface area contributed by atoms with E-state index in [1.54, 1.807) is 0 Å². The molecule has 2 rings (SSSR count). The average molecular weight is 350 g/mol. The van der Waals surface area contributed by atoms with Crippen molar-refractivity contribution in [2.24, 2.45) is 0 Å². The van der Waals surface area contributed by atoms with Crippen LogP contribution >= 0.6 is 12.6 Å². The monoisotopic (exact) mass is 350 g/mol.